The van der Waals surface area contributed by atoms with Crippen molar-refractivity contribution in [3.63, 3.8) is 0 Å². The molecule has 4 nitrogen and oxygen atoms in total. The van der Waals surface area contributed by atoms with E-state index in [2.05, 4.69) is 28.7 Å². The van der Waals surface area contributed by atoms with Gasteiger partial charge in [-0.2, -0.15) is 0 Å². The average Bonchev–Trinajstić information content (AvgIpc) is 2.36. The average molecular weight is 136 g/mol. The molecule has 1 rings (SSSR count). The molecule has 0 spiro atoms. The van der Waals surface area contributed by atoms with E-state index >= 15 is 0 Å². The molecule has 10 heavy (non-hydrogen) atoms. The van der Waals surface area contributed by atoms with Gasteiger partial charge in [-0.15, -0.1) is 11.7 Å². The topological polar surface area (TPSA) is 43.6 Å². The summed E-state index contributed by atoms with van der Waals surface area (Å²) in [5.74, 6) is 0.667. The first-order valence-corrected chi connectivity index (χ1v) is 2.88. The standard InChI is InChI=1S/C6H8N4/c1-3-5-10-6(4-2)7-8-9-10/h3-4H,1-2,5H2. The third-order valence-electron chi connectivity index (χ3n) is 1.04. The number of nitrogens with zero attached hydrogens (tertiary/aromatic N) is 4. The quantitative estimate of drug-likeness (QED) is 0.568. The lowest BCUT2D eigenvalue weighted by molar-refractivity contribution is 0.656. The van der Waals surface area contributed by atoms with Crippen molar-refractivity contribution in [3.05, 3.63) is 25.1 Å². The minimum absolute atomic E-state index is 0.619. The van der Waals surface area contributed by atoms with Crippen molar-refractivity contribution in [2.24, 2.45) is 0 Å². The van der Waals surface area contributed by atoms with Gasteiger partial charge in [0.2, 0.25) is 0 Å². The maximum atomic E-state index is 3.69. The van der Waals surface area contributed by atoms with Crippen LogP contribution in [-0.4, -0.2) is 20.2 Å². The van der Waals surface area contributed by atoms with Crippen LogP contribution in [-0.2, 0) is 6.54 Å². The van der Waals surface area contributed by atoms with Crippen molar-refractivity contribution in [3.8, 4) is 0 Å². The first kappa shape index (κ1) is 6.67. The summed E-state index contributed by atoms with van der Waals surface area (Å²) in [4.78, 5) is 0. The number of rotatable bonds is 3. The summed E-state index contributed by atoms with van der Waals surface area (Å²) in [7, 11) is 0. The maximum absolute atomic E-state index is 3.69. The summed E-state index contributed by atoms with van der Waals surface area (Å²) in [5.41, 5.74) is 0. The monoisotopic (exact) mass is 136 g/mol. The molecule has 0 aliphatic rings. The van der Waals surface area contributed by atoms with Gasteiger partial charge in [-0.25, -0.2) is 4.68 Å². The minimum Gasteiger partial charge on any atom is -0.222 e. The molecule has 0 fully saturated rings. The first-order valence-electron chi connectivity index (χ1n) is 2.88. The molecule has 0 radical (unpaired) electrons. The van der Waals surface area contributed by atoms with Crippen LogP contribution in [0.1, 0.15) is 5.82 Å². The van der Waals surface area contributed by atoms with Gasteiger partial charge in [0, 0.05) is 0 Å². The molecular formula is C6H8N4. The lowest BCUT2D eigenvalue weighted by Gasteiger charge is -1.92. The molecule has 0 bridgehead atoms. The lowest BCUT2D eigenvalue weighted by Crippen LogP contribution is -1.99. The Hall–Kier alpha value is -1.45. The minimum atomic E-state index is 0.619. The number of allylic oxidation sites excluding steroid dienone is 1. The number of hydrogen-bond donors (Lipinski definition) is 0. The number of hydrogen-bond acceptors (Lipinski definition) is 3. The molecule has 1 aromatic heterocycles. The largest absolute Gasteiger partial charge is 0.222 e. The highest BCUT2D eigenvalue weighted by Crippen LogP contribution is 1.92. The van der Waals surface area contributed by atoms with Gasteiger partial charge in [-0.1, -0.05) is 12.7 Å². The Bertz CT molecular complexity index is 238. The fraction of sp³-hybridized carbons (Fsp3) is 0.167. The van der Waals surface area contributed by atoms with Crippen molar-refractivity contribution >= 4 is 6.08 Å². The molecule has 0 aliphatic heterocycles. The second-order valence-electron chi connectivity index (χ2n) is 1.71. The molecule has 0 atom stereocenters. The fourth-order valence-electron chi connectivity index (χ4n) is 0.610. The zero-order chi connectivity index (χ0) is 7.40. The molecule has 0 saturated heterocycles. The smallest absolute Gasteiger partial charge is 0.174 e. The van der Waals surface area contributed by atoms with Crippen LogP contribution in [0.3, 0.4) is 0 Å². The summed E-state index contributed by atoms with van der Waals surface area (Å²) < 4.78 is 1.61. The molecule has 4 heteroatoms. The summed E-state index contributed by atoms with van der Waals surface area (Å²) in [6.45, 7) is 7.73. The van der Waals surface area contributed by atoms with E-state index in [0.717, 1.165) is 0 Å². The van der Waals surface area contributed by atoms with E-state index in [1.54, 1.807) is 16.8 Å². The number of aromatic nitrogens is 4. The van der Waals surface area contributed by atoms with E-state index in [0.29, 0.717) is 12.4 Å². The molecule has 0 amide bonds. The molecule has 0 saturated carbocycles. The van der Waals surface area contributed by atoms with Gasteiger partial charge in [0.1, 0.15) is 0 Å². The fourth-order valence-corrected chi connectivity index (χ4v) is 0.610. The SMILES string of the molecule is C=CCn1nnnc1C=C. The highest BCUT2D eigenvalue weighted by Gasteiger charge is 1.96. The highest BCUT2D eigenvalue weighted by atomic mass is 15.5. The van der Waals surface area contributed by atoms with E-state index in [4.69, 9.17) is 0 Å². The van der Waals surface area contributed by atoms with Crippen LogP contribution in [0.4, 0.5) is 0 Å². The van der Waals surface area contributed by atoms with E-state index in [1.807, 2.05) is 0 Å². The lowest BCUT2D eigenvalue weighted by atomic mass is 10.5. The van der Waals surface area contributed by atoms with Crippen LogP contribution in [0.25, 0.3) is 6.08 Å². The van der Waals surface area contributed by atoms with Gasteiger partial charge in [0.25, 0.3) is 0 Å². The Morgan fingerprint density at radius 2 is 2.30 bits per heavy atom. The molecule has 1 aromatic rings. The Kier molecular flexibility index (Phi) is 1.94. The van der Waals surface area contributed by atoms with E-state index < -0.39 is 0 Å². The summed E-state index contributed by atoms with van der Waals surface area (Å²) in [6, 6.07) is 0. The molecule has 0 N–H and O–H groups in total. The van der Waals surface area contributed by atoms with Crippen LogP contribution in [0, 0.1) is 0 Å². The van der Waals surface area contributed by atoms with Gasteiger partial charge >= 0.3 is 0 Å². The van der Waals surface area contributed by atoms with Crippen molar-refractivity contribution in [1.82, 2.24) is 20.2 Å². The molecule has 52 valence electrons. The van der Waals surface area contributed by atoms with Crippen molar-refractivity contribution in [2.45, 2.75) is 6.54 Å². The molecule has 0 aliphatic carbocycles. The Morgan fingerprint density at radius 1 is 1.50 bits per heavy atom. The molecule has 1 heterocycles. The van der Waals surface area contributed by atoms with Crippen molar-refractivity contribution in [2.75, 3.05) is 0 Å². The van der Waals surface area contributed by atoms with E-state index in [1.165, 1.54) is 0 Å². The molecule has 0 aromatic carbocycles. The van der Waals surface area contributed by atoms with Gasteiger partial charge in [-0.05, 0) is 16.5 Å². The van der Waals surface area contributed by atoms with Crippen LogP contribution in [0.5, 0.6) is 0 Å². The van der Waals surface area contributed by atoms with Crippen LogP contribution in [0.15, 0.2) is 19.2 Å². The first-order chi connectivity index (χ1) is 4.88. The zero-order valence-corrected chi connectivity index (χ0v) is 5.56. The summed E-state index contributed by atoms with van der Waals surface area (Å²) >= 11 is 0. The second kappa shape index (κ2) is 2.91. The van der Waals surface area contributed by atoms with Crippen LogP contribution >= 0.6 is 0 Å². The van der Waals surface area contributed by atoms with Crippen LogP contribution in [0.2, 0.25) is 0 Å². The maximum Gasteiger partial charge on any atom is 0.174 e. The molecule has 0 unspecified atom stereocenters. The zero-order valence-electron chi connectivity index (χ0n) is 5.56. The van der Waals surface area contributed by atoms with Crippen LogP contribution < -0.4 is 0 Å². The highest BCUT2D eigenvalue weighted by molar-refractivity contribution is 5.34. The third-order valence-corrected chi connectivity index (χ3v) is 1.04. The van der Waals surface area contributed by atoms with Gasteiger partial charge < -0.3 is 0 Å². The second-order valence-corrected chi connectivity index (χ2v) is 1.71. The van der Waals surface area contributed by atoms with Crippen molar-refractivity contribution in [1.29, 1.82) is 0 Å². The van der Waals surface area contributed by atoms with Gasteiger partial charge in [-0.3, -0.25) is 0 Å². The Balaban J connectivity index is 2.89. The predicted octanol–water partition coefficient (Wildman–Crippen LogP) is 0.502. The van der Waals surface area contributed by atoms with Gasteiger partial charge in [0.05, 0.1) is 6.54 Å². The normalized spacial score (nSPS) is 9.20. The predicted molar refractivity (Wildman–Crippen MR) is 38.1 cm³/mol. The molecular weight excluding hydrogens is 128 g/mol. The number of tetrazole rings is 1. The van der Waals surface area contributed by atoms with Gasteiger partial charge in [0.15, 0.2) is 5.82 Å². The summed E-state index contributed by atoms with van der Waals surface area (Å²) in [6.07, 6.45) is 3.33. The Labute approximate surface area is 58.9 Å². The van der Waals surface area contributed by atoms with Crippen molar-refractivity contribution < 1.29 is 0 Å². The van der Waals surface area contributed by atoms with E-state index in [-0.39, 0.29) is 0 Å². The summed E-state index contributed by atoms with van der Waals surface area (Å²) in [5, 5.41) is 10.8. The van der Waals surface area contributed by atoms with E-state index in [9.17, 15) is 0 Å². The Morgan fingerprint density at radius 3 is 2.90 bits per heavy atom. The third kappa shape index (κ3) is 1.10.